The topological polar surface area (TPSA) is 133 Å². The van der Waals surface area contributed by atoms with Gasteiger partial charge in [0.05, 0.1) is 0 Å². The molecule has 0 bridgehead atoms. The molecule has 28 heavy (non-hydrogen) atoms. The van der Waals surface area contributed by atoms with E-state index in [-0.39, 0.29) is 11.8 Å². The van der Waals surface area contributed by atoms with Crippen molar-refractivity contribution in [3.05, 3.63) is 29.8 Å². The highest BCUT2D eigenvalue weighted by atomic mass is 15.1. The summed E-state index contributed by atoms with van der Waals surface area (Å²) in [7, 11) is 4.34. The van der Waals surface area contributed by atoms with Crippen LogP contribution in [0.4, 0.5) is 17.6 Å². The van der Waals surface area contributed by atoms with Gasteiger partial charge < -0.3 is 22.1 Å². The molecule has 0 unspecified atom stereocenters. The Bertz CT molecular complexity index is 991. The Balaban J connectivity index is 1.60. The zero-order valence-corrected chi connectivity index (χ0v) is 16.3. The van der Waals surface area contributed by atoms with E-state index in [2.05, 4.69) is 51.1 Å². The number of aromatic nitrogens is 4. The van der Waals surface area contributed by atoms with Crippen molar-refractivity contribution in [3.63, 3.8) is 0 Å². The molecule has 1 fully saturated rings. The maximum Gasteiger partial charge on any atom is 0.224 e. The van der Waals surface area contributed by atoms with Crippen molar-refractivity contribution >= 4 is 28.7 Å². The van der Waals surface area contributed by atoms with Crippen LogP contribution in [0.1, 0.15) is 37.2 Å². The minimum atomic E-state index is 0.0554. The van der Waals surface area contributed by atoms with E-state index in [9.17, 15) is 0 Å². The molecule has 8 heteroatoms. The van der Waals surface area contributed by atoms with Gasteiger partial charge in [0.2, 0.25) is 5.95 Å². The van der Waals surface area contributed by atoms with E-state index >= 15 is 0 Å². The standard InChI is InChI=1S/C20H26N8/c1-28(2)14-9-7-12(8-10-14)11-3-5-13(6-4-11)15-17(21)25-19-16(24-15)18(22)26-20(23)27-19/h3-6,12,14H,7-10H2,1-2H3,(H6,21,22,23,25,26,27). The van der Waals surface area contributed by atoms with E-state index in [4.69, 9.17) is 17.2 Å². The van der Waals surface area contributed by atoms with Gasteiger partial charge in [-0.2, -0.15) is 9.97 Å². The lowest BCUT2D eigenvalue weighted by molar-refractivity contribution is 0.216. The summed E-state index contributed by atoms with van der Waals surface area (Å²) < 4.78 is 0. The maximum absolute atomic E-state index is 6.12. The first-order valence-electron chi connectivity index (χ1n) is 9.55. The van der Waals surface area contributed by atoms with Gasteiger partial charge in [0, 0.05) is 11.6 Å². The first-order chi connectivity index (χ1) is 13.4. The van der Waals surface area contributed by atoms with Crippen LogP contribution in [0.25, 0.3) is 22.4 Å². The molecule has 6 N–H and O–H groups in total. The predicted molar refractivity (Wildman–Crippen MR) is 112 cm³/mol. The second kappa shape index (κ2) is 7.20. The average molecular weight is 378 g/mol. The molecule has 0 spiro atoms. The third-order valence-electron chi connectivity index (χ3n) is 5.68. The number of rotatable bonds is 3. The number of nitrogens with zero attached hydrogens (tertiary/aromatic N) is 5. The van der Waals surface area contributed by atoms with Crippen molar-refractivity contribution in [1.29, 1.82) is 0 Å². The number of hydrogen-bond donors (Lipinski definition) is 3. The van der Waals surface area contributed by atoms with Gasteiger partial charge in [-0.05, 0) is 51.3 Å². The second-order valence-electron chi connectivity index (χ2n) is 7.69. The molecular formula is C20H26N8. The van der Waals surface area contributed by atoms with Gasteiger partial charge in [-0.1, -0.05) is 24.3 Å². The molecular weight excluding hydrogens is 352 g/mol. The molecule has 2 aromatic heterocycles. The zero-order valence-electron chi connectivity index (χ0n) is 16.3. The number of benzene rings is 1. The summed E-state index contributed by atoms with van der Waals surface area (Å²) in [5.41, 5.74) is 21.2. The first kappa shape index (κ1) is 18.4. The van der Waals surface area contributed by atoms with E-state index in [0.29, 0.717) is 34.6 Å². The molecule has 0 radical (unpaired) electrons. The van der Waals surface area contributed by atoms with Crippen molar-refractivity contribution in [3.8, 4) is 11.3 Å². The molecule has 8 nitrogen and oxygen atoms in total. The van der Waals surface area contributed by atoms with Crippen LogP contribution in [-0.4, -0.2) is 45.0 Å². The molecule has 1 aliphatic carbocycles. The Labute approximate surface area is 164 Å². The van der Waals surface area contributed by atoms with Gasteiger partial charge in [-0.3, -0.25) is 0 Å². The minimum absolute atomic E-state index is 0.0554. The molecule has 1 aliphatic rings. The normalized spacial score (nSPS) is 20.0. The lowest BCUT2D eigenvalue weighted by Gasteiger charge is -2.32. The SMILES string of the molecule is CN(C)C1CCC(c2ccc(-c3nc4c(N)nc(N)nc4nc3N)cc2)CC1. The first-order valence-corrected chi connectivity index (χ1v) is 9.55. The van der Waals surface area contributed by atoms with Crippen molar-refractivity contribution in [1.82, 2.24) is 24.8 Å². The molecule has 1 aromatic carbocycles. The predicted octanol–water partition coefficient (Wildman–Crippen LogP) is 2.42. The fourth-order valence-corrected chi connectivity index (χ4v) is 4.05. The second-order valence-corrected chi connectivity index (χ2v) is 7.69. The zero-order chi connectivity index (χ0) is 19.8. The van der Waals surface area contributed by atoms with E-state index in [1.54, 1.807) is 0 Å². The summed E-state index contributed by atoms with van der Waals surface area (Å²) >= 11 is 0. The van der Waals surface area contributed by atoms with Gasteiger partial charge in [-0.25, -0.2) is 9.97 Å². The lowest BCUT2D eigenvalue weighted by Crippen LogP contribution is -2.31. The minimum Gasteiger partial charge on any atom is -0.382 e. The number of nitrogen functional groups attached to an aromatic ring is 3. The number of nitrogens with two attached hydrogens (primary N) is 3. The molecule has 4 rings (SSSR count). The molecule has 3 aromatic rings. The summed E-state index contributed by atoms with van der Waals surface area (Å²) in [5.74, 6) is 1.16. The van der Waals surface area contributed by atoms with Crippen LogP contribution >= 0.6 is 0 Å². The number of hydrogen-bond acceptors (Lipinski definition) is 8. The van der Waals surface area contributed by atoms with Crippen LogP contribution in [0.15, 0.2) is 24.3 Å². The van der Waals surface area contributed by atoms with Gasteiger partial charge in [0.25, 0.3) is 0 Å². The van der Waals surface area contributed by atoms with E-state index in [1.165, 1.54) is 31.2 Å². The third kappa shape index (κ3) is 3.43. The van der Waals surface area contributed by atoms with Crippen LogP contribution in [0.3, 0.4) is 0 Å². The van der Waals surface area contributed by atoms with Crippen LogP contribution < -0.4 is 17.2 Å². The highest BCUT2D eigenvalue weighted by Crippen LogP contribution is 2.35. The fraction of sp³-hybridized carbons (Fsp3) is 0.400. The average Bonchev–Trinajstić information content (AvgIpc) is 2.67. The van der Waals surface area contributed by atoms with Gasteiger partial charge in [0.15, 0.2) is 22.8 Å². The summed E-state index contributed by atoms with van der Waals surface area (Å²) in [5, 5.41) is 0. The summed E-state index contributed by atoms with van der Waals surface area (Å²) in [4.78, 5) is 19.2. The summed E-state index contributed by atoms with van der Waals surface area (Å²) in [6.45, 7) is 0. The van der Waals surface area contributed by atoms with Gasteiger partial charge in [0.1, 0.15) is 5.69 Å². The van der Waals surface area contributed by atoms with Crippen molar-refractivity contribution < 1.29 is 0 Å². The number of fused-ring (bicyclic) bond motifs is 1. The molecule has 0 saturated heterocycles. The lowest BCUT2D eigenvalue weighted by atomic mass is 9.81. The Morgan fingerprint density at radius 2 is 1.50 bits per heavy atom. The van der Waals surface area contributed by atoms with Crippen molar-refractivity contribution in [2.75, 3.05) is 31.3 Å². The van der Waals surface area contributed by atoms with Crippen LogP contribution in [-0.2, 0) is 0 Å². The maximum atomic E-state index is 6.12. The molecule has 0 amide bonds. The Hall–Kier alpha value is -3.00. The van der Waals surface area contributed by atoms with Crippen LogP contribution in [0.5, 0.6) is 0 Å². The van der Waals surface area contributed by atoms with Crippen LogP contribution in [0, 0.1) is 0 Å². The molecule has 146 valence electrons. The van der Waals surface area contributed by atoms with E-state index in [0.717, 1.165) is 5.56 Å². The molecule has 2 heterocycles. The Morgan fingerprint density at radius 3 is 2.14 bits per heavy atom. The van der Waals surface area contributed by atoms with E-state index in [1.807, 2.05) is 12.1 Å². The highest BCUT2D eigenvalue weighted by molar-refractivity contribution is 5.87. The monoisotopic (exact) mass is 378 g/mol. The summed E-state index contributed by atoms with van der Waals surface area (Å²) in [6, 6.07) is 9.14. The Morgan fingerprint density at radius 1 is 0.821 bits per heavy atom. The largest absolute Gasteiger partial charge is 0.382 e. The van der Waals surface area contributed by atoms with E-state index < -0.39 is 0 Å². The van der Waals surface area contributed by atoms with Crippen LogP contribution in [0.2, 0.25) is 0 Å². The number of anilines is 3. The smallest absolute Gasteiger partial charge is 0.224 e. The molecule has 0 aliphatic heterocycles. The fourth-order valence-electron chi connectivity index (χ4n) is 4.05. The summed E-state index contributed by atoms with van der Waals surface area (Å²) in [6.07, 6.45) is 4.92. The van der Waals surface area contributed by atoms with Crippen molar-refractivity contribution in [2.24, 2.45) is 0 Å². The Kier molecular flexibility index (Phi) is 4.72. The van der Waals surface area contributed by atoms with Gasteiger partial charge in [-0.15, -0.1) is 0 Å². The molecule has 1 saturated carbocycles. The highest BCUT2D eigenvalue weighted by Gasteiger charge is 2.23. The molecule has 0 atom stereocenters. The van der Waals surface area contributed by atoms with Crippen molar-refractivity contribution in [2.45, 2.75) is 37.6 Å². The van der Waals surface area contributed by atoms with Gasteiger partial charge >= 0.3 is 0 Å². The quantitative estimate of drug-likeness (QED) is 0.633. The third-order valence-corrected chi connectivity index (χ3v) is 5.68.